The molecule has 0 radical (unpaired) electrons. The molecule has 1 rings (SSSR count). The second-order valence-corrected chi connectivity index (χ2v) is 2.60. The Labute approximate surface area is 68.9 Å². The fourth-order valence-electron chi connectivity index (χ4n) is 0.807. The summed E-state index contributed by atoms with van der Waals surface area (Å²) >= 11 is 5.55. The van der Waals surface area contributed by atoms with Crippen LogP contribution in [0.4, 0.5) is 10.1 Å². The standard InChI is InChI=1S/C7H8ClFN2/c8-5-1-4(3-10)7(11)6(9)2-5/h1-2H,3,10-11H2. The van der Waals surface area contributed by atoms with Gasteiger partial charge >= 0.3 is 0 Å². The lowest BCUT2D eigenvalue weighted by Gasteiger charge is -2.03. The van der Waals surface area contributed by atoms with E-state index in [-0.39, 0.29) is 12.2 Å². The normalized spacial score (nSPS) is 10.1. The van der Waals surface area contributed by atoms with Gasteiger partial charge in [0.1, 0.15) is 5.82 Å². The summed E-state index contributed by atoms with van der Waals surface area (Å²) < 4.78 is 12.8. The van der Waals surface area contributed by atoms with Gasteiger partial charge in [-0.15, -0.1) is 0 Å². The first kappa shape index (κ1) is 8.30. The molecule has 0 amide bonds. The molecule has 0 bridgehead atoms. The third kappa shape index (κ3) is 1.61. The van der Waals surface area contributed by atoms with Gasteiger partial charge in [-0.25, -0.2) is 4.39 Å². The Kier molecular flexibility index (Phi) is 2.31. The number of anilines is 1. The summed E-state index contributed by atoms with van der Waals surface area (Å²) in [6.45, 7) is 0.198. The van der Waals surface area contributed by atoms with E-state index in [9.17, 15) is 4.39 Å². The first-order valence-corrected chi connectivity index (χ1v) is 3.46. The molecule has 0 heterocycles. The summed E-state index contributed by atoms with van der Waals surface area (Å²) in [4.78, 5) is 0. The third-order valence-electron chi connectivity index (χ3n) is 1.40. The van der Waals surface area contributed by atoms with Gasteiger partial charge < -0.3 is 11.5 Å². The van der Waals surface area contributed by atoms with Crippen LogP contribution in [0, 0.1) is 5.82 Å². The lowest BCUT2D eigenvalue weighted by Crippen LogP contribution is -2.03. The van der Waals surface area contributed by atoms with E-state index < -0.39 is 5.82 Å². The van der Waals surface area contributed by atoms with Crippen LogP contribution in [0.25, 0.3) is 0 Å². The number of rotatable bonds is 1. The molecular weight excluding hydrogens is 167 g/mol. The van der Waals surface area contributed by atoms with Gasteiger partial charge in [-0.2, -0.15) is 0 Å². The van der Waals surface area contributed by atoms with Crippen molar-refractivity contribution >= 4 is 17.3 Å². The number of nitrogens with two attached hydrogens (primary N) is 2. The van der Waals surface area contributed by atoms with Gasteiger partial charge in [0.25, 0.3) is 0 Å². The minimum absolute atomic E-state index is 0.0805. The molecule has 0 atom stereocenters. The lowest BCUT2D eigenvalue weighted by molar-refractivity contribution is 0.630. The van der Waals surface area contributed by atoms with E-state index in [1.54, 1.807) is 6.07 Å². The van der Waals surface area contributed by atoms with Crippen LogP contribution in [0.2, 0.25) is 5.02 Å². The van der Waals surface area contributed by atoms with Gasteiger partial charge in [0.05, 0.1) is 5.69 Å². The quantitative estimate of drug-likeness (QED) is 0.635. The second-order valence-electron chi connectivity index (χ2n) is 2.16. The van der Waals surface area contributed by atoms with Crippen LogP contribution in [0.1, 0.15) is 5.56 Å². The lowest BCUT2D eigenvalue weighted by atomic mass is 10.2. The molecule has 0 aliphatic heterocycles. The van der Waals surface area contributed by atoms with E-state index in [0.717, 1.165) is 6.07 Å². The van der Waals surface area contributed by atoms with E-state index in [2.05, 4.69) is 0 Å². The van der Waals surface area contributed by atoms with Crippen LogP contribution in [0.15, 0.2) is 12.1 Å². The van der Waals surface area contributed by atoms with Crippen LogP contribution in [-0.4, -0.2) is 0 Å². The molecule has 0 saturated heterocycles. The highest BCUT2D eigenvalue weighted by Gasteiger charge is 2.04. The minimum Gasteiger partial charge on any atom is -0.396 e. The zero-order chi connectivity index (χ0) is 8.43. The van der Waals surface area contributed by atoms with Crippen LogP contribution < -0.4 is 11.5 Å². The maximum absolute atomic E-state index is 12.8. The zero-order valence-electron chi connectivity index (χ0n) is 5.77. The maximum Gasteiger partial charge on any atom is 0.147 e. The molecule has 0 unspecified atom stereocenters. The van der Waals surface area contributed by atoms with Crippen molar-refractivity contribution in [3.63, 3.8) is 0 Å². The number of nitrogen functional groups attached to an aromatic ring is 1. The first-order chi connectivity index (χ1) is 5.15. The summed E-state index contributed by atoms with van der Waals surface area (Å²) in [6, 6.07) is 2.72. The van der Waals surface area contributed by atoms with Crippen molar-refractivity contribution in [2.24, 2.45) is 5.73 Å². The topological polar surface area (TPSA) is 52.0 Å². The van der Waals surface area contributed by atoms with Crippen LogP contribution in [0.5, 0.6) is 0 Å². The summed E-state index contributed by atoms with van der Waals surface area (Å²) in [5, 5.41) is 0.317. The molecule has 11 heavy (non-hydrogen) atoms. The summed E-state index contributed by atoms with van der Waals surface area (Å²) in [6.07, 6.45) is 0. The molecular formula is C7H8ClFN2. The fourth-order valence-corrected chi connectivity index (χ4v) is 1.03. The molecule has 0 aliphatic rings. The molecule has 1 aromatic carbocycles. The van der Waals surface area contributed by atoms with Gasteiger partial charge in [0, 0.05) is 11.6 Å². The third-order valence-corrected chi connectivity index (χ3v) is 1.62. The van der Waals surface area contributed by atoms with Gasteiger partial charge in [-0.05, 0) is 17.7 Å². The fraction of sp³-hybridized carbons (Fsp3) is 0.143. The molecule has 0 aliphatic carbocycles. The Hall–Kier alpha value is -0.800. The molecule has 60 valence electrons. The number of hydrogen-bond acceptors (Lipinski definition) is 2. The van der Waals surface area contributed by atoms with Crippen molar-refractivity contribution in [1.29, 1.82) is 0 Å². The van der Waals surface area contributed by atoms with Gasteiger partial charge in [-0.1, -0.05) is 11.6 Å². The van der Waals surface area contributed by atoms with Gasteiger partial charge in [0.15, 0.2) is 0 Å². The van der Waals surface area contributed by atoms with Crippen molar-refractivity contribution in [3.8, 4) is 0 Å². The predicted octanol–water partition coefficient (Wildman–Crippen LogP) is 1.52. The van der Waals surface area contributed by atoms with Crippen molar-refractivity contribution < 1.29 is 4.39 Å². The molecule has 0 aromatic heterocycles. The van der Waals surface area contributed by atoms with E-state index in [0.29, 0.717) is 10.6 Å². The monoisotopic (exact) mass is 174 g/mol. The van der Waals surface area contributed by atoms with Crippen molar-refractivity contribution in [1.82, 2.24) is 0 Å². The van der Waals surface area contributed by atoms with Crippen molar-refractivity contribution in [3.05, 3.63) is 28.5 Å². The molecule has 4 N–H and O–H groups in total. The Morgan fingerprint density at radius 3 is 2.64 bits per heavy atom. The van der Waals surface area contributed by atoms with Gasteiger partial charge in [-0.3, -0.25) is 0 Å². The summed E-state index contributed by atoms with van der Waals surface area (Å²) in [5.74, 6) is -0.516. The smallest absolute Gasteiger partial charge is 0.147 e. The Morgan fingerprint density at radius 2 is 2.09 bits per heavy atom. The molecule has 1 aromatic rings. The number of hydrogen-bond donors (Lipinski definition) is 2. The number of benzene rings is 1. The largest absolute Gasteiger partial charge is 0.396 e. The van der Waals surface area contributed by atoms with Crippen molar-refractivity contribution in [2.75, 3.05) is 5.73 Å². The Bertz CT molecular complexity index is 275. The van der Waals surface area contributed by atoms with E-state index >= 15 is 0 Å². The second kappa shape index (κ2) is 3.07. The van der Waals surface area contributed by atoms with Crippen LogP contribution >= 0.6 is 11.6 Å². The molecule has 0 saturated carbocycles. The molecule has 0 fully saturated rings. The van der Waals surface area contributed by atoms with E-state index in [1.807, 2.05) is 0 Å². The highest BCUT2D eigenvalue weighted by molar-refractivity contribution is 6.30. The number of halogens is 2. The van der Waals surface area contributed by atoms with Crippen LogP contribution in [0.3, 0.4) is 0 Å². The summed E-state index contributed by atoms with van der Waals surface area (Å²) in [5.41, 5.74) is 11.2. The summed E-state index contributed by atoms with van der Waals surface area (Å²) in [7, 11) is 0. The van der Waals surface area contributed by atoms with Gasteiger partial charge in [0.2, 0.25) is 0 Å². The average Bonchev–Trinajstić information content (AvgIpc) is 1.96. The zero-order valence-corrected chi connectivity index (χ0v) is 6.53. The Morgan fingerprint density at radius 1 is 1.45 bits per heavy atom. The van der Waals surface area contributed by atoms with E-state index in [1.165, 1.54) is 0 Å². The average molecular weight is 175 g/mol. The maximum atomic E-state index is 12.8. The molecule has 4 heteroatoms. The highest BCUT2D eigenvalue weighted by atomic mass is 35.5. The Balaban J connectivity index is 3.24. The van der Waals surface area contributed by atoms with Crippen LogP contribution in [-0.2, 0) is 6.54 Å². The molecule has 0 spiro atoms. The predicted molar refractivity (Wildman–Crippen MR) is 43.7 cm³/mol. The highest BCUT2D eigenvalue weighted by Crippen LogP contribution is 2.21. The minimum atomic E-state index is -0.516. The van der Waals surface area contributed by atoms with Crippen molar-refractivity contribution in [2.45, 2.75) is 6.54 Å². The molecule has 2 nitrogen and oxygen atoms in total. The SMILES string of the molecule is NCc1cc(Cl)cc(F)c1N. The first-order valence-electron chi connectivity index (χ1n) is 3.08. The van der Waals surface area contributed by atoms with E-state index in [4.69, 9.17) is 23.1 Å².